The summed E-state index contributed by atoms with van der Waals surface area (Å²) >= 11 is 0. The number of rotatable bonds is 2. The minimum Gasteiger partial charge on any atom is -0.353 e. The Kier molecular flexibility index (Phi) is 4.06. The molecule has 0 aliphatic carbocycles. The highest BCUT2D eigenvalue weighted by molar-refractivity contribution is 5.94. The summed E-state index contributed by atoms with van der Waals surface area (Å²) in [4.78, 5) is 48.0. The van der Waals surface area contributed by atoms with E-state index in [1.165, 1.54) is 41.9 Å². The lowest BCUT2D eigenvalue weighted by Gasteiger charge is -2.25. The van der Waals surface area contributed by atoms with E-state index >= 15 is 0 Å². The molecule has 112 valence electrons. The lowest BCUT2D eigenvalue weighted by Crippen LogP contribution is -2.49. The van der Waals surface area contributed by atoms with Gasteiger partial charge in [0.2, 0.25) is 11.8 Å². The first-order valence-corrected chi connectivity index (χ1v) is 6.40. The predicted octanol–water partition coefficient (Wildman–Crippen LogP) is -1.94. The second-order valence-corrected chi connectivity index (χ2v) is 4.79. The van der Waals surface area contributed by atoms with E-state index in [0.717, 1.165) is 4.57 Å². The van der Waals surface area contributed by atoms with Gasteiger partial charge in [-0.15, -0.1) is 0 Å². The van der Waals surface area contributed by atoms with Crippen LogP contribution in [0.1, 0.15) is 5.56 Å². The molecule has 1 aromatic heterocycles. The SMILES string of the molecule is Cn1cc(/C=C/C(=O)N2CCNC(=O)C2)c(=O)n(C)c1=O. The summed E-state index contributed by atoms with van der Waals surface area (Å²) in [5.41, 5.74) is -0.677. The molecule has 0 spiro atoms. The second-order valence-electron chi connectivity index (χ2n) is 4.79. The Labute approximate surface area is 120 Å². The Morgan fingerprint density at radius 2 is 2.00 bits per heavy atom. The fraction of sp³-hybridized carbons (Fsp3) is 0.385. The molecular formula is C13H16N4O4. The molecule has 0 aromatic carbocycles. The van der Waals surface area contributed by atoms with E-state index < -0.39 is 11.2 Å². The van der Waals surface area contributed by atoms with Gasteiger partial charge >= 0.3 is 5.69 Å². The van der Waals surface area contributed by atoms with Crippen LogP contribution < -0.4 is 16.6 Å². The van der Waals surface area contributed by atoms with Crippen LogP contribution in [0.2, 0.25) is 0 Å². The summed E-state index contributed by atoms with van der Waals surface area (Å²) in [5.74, 6) is -0.554. The lowest BCUT2D eigenvalue weighted by molar-refractivity contribution is -0.134. The summed E-state index contributed by atoms with van der Waals surface area (Å²) in [6.45, 7) is 0.856. The van der Waals surface area contributed by atoms with E-state index in [1.54, 1.807) is 0 Å². The maximum absolute atomic E-state index is 11.9. The maximum atomic E-state index is 11.9. The summed E-state index contributed by atoms with van der Waals surface area (Å²) in [5, 5.41) is 2.62. The number of piperazine rings is 1. The smallest absolute Gasteiger partial charge is 0.330 e. The first-order valence-electron chi connectivity index (χ1n) is 6.40. The molecule has 2 rings (SSSR count). The Bertz CT molecular complexity index is 729. The van der Waals surface area contributed by atoms with Gasteiger partial charge < -0.3 is 14.8 Å². The van der Waals surface area contributed by atoms with Crippen LogP contribution in [0.4, 0.5) is 0 Å². The average Bonchev–Trinajstić information content (AvgIpc) is 2.47. The summed E-state index contributed by atoms with van der Waals surface area (Å²) in [7, 11) is 2.90. The zero-order valence-corrected chi connectivity index (χ0v) is 11.8. The van der Waals surface area contributed by atoms with Crippen LogP contribution in [0, 0.1) is 0 Å². The highest BCUT2D eigenvalue weighted by Gasteiger charge is 2.19. The number of carbonyl (C=O) groups is 2. The van der Waals surface area contributed by atoms with Gasteiger partial charge in [-0.05, 0) is 6.08 Å². The molecular weight excluding hydrogens is 276 g/mol. The molecule has 1 aromatic rings. The molecule has 1 saturated heterocycles. The zero-order chi connectivity index (χ0) is 15.6. The maximum Gasteiger partial charge on any atom is 0.330 e. The van der Waals surface area contributed by atoms with Gasteiger partial charge in [0.1, 0.15) is 0 Å². The van der Waals surface area contributed by atoms with Crippen molar-refractivity contribution >= 4 is 17.9 Å². The van der Waals surface area contributed by atoms with Crippen LogP contribution in [0.5, 0.6) is 0 Å². The number of carbonyl (C=O) groups excluding carboxylic acids is 2. The largest absolute Gasteiger partial charge is 0.353 e. The van der Waals surface area contributed by atoms with E-state index in [1.807, 2.05) is 0 Å². The van der Waals surface area contributed by atoms with E-state index in [4.69, 9.17) is 0 Å². The van der Waals surface area contributed by atoms with Crippen LogP contribution in [0.3, 0.4) is 0 Å². The van der Waals surface area contributed by atoms with Crippen molar-refractivity contribution < 1.29 is 9.59 Å². The fourth-order valence-electron chi connectivity index (χ4n) is 2.04. The second kappa shape index (κ2) is 5.78. The first-order chi connectivity index (χ1) is 9.90. The number of hydrogen-bond acceptors (Lipinski definition) is 4. The molecule has 8 heteroatoms. The molecule has 1 N–H and O–H groups in total. The normalized spacial score (nSPS) is 15.3. The van der Waals surface area contributed by atoms with Gasteiger partial charge in [0.25, 0.3) is 5.56 Å². The quantitative estimate of drug-likeness (QED) is 0.642. The third-order valence-electron chi connectivity index (χ3n) is 3.23. The van der Waals surface area contributed by atoms with Crippen molar-refractivity contribution in [1.29, 1.82) is 0 Å². The molecule has 0 atom stereocenters. The third kappa shape index (κ3) is 3.10. The van der Waals surface area contributed by atoms with Crippen molar-refractivity contribution in [2.75, 3.05) is 19.6 Å². The molecule has 0 saturated carbocycles. The number of nitrogens with zero attached hydrogens (tertiary/aromatic N) is 3. The highest BCUT2D eigenvalue weighted by Crippen LogP contribution is 1.99. The average molecular weight is 292 g/mol. The molecule has 0 radical (unpaired) electrons. The number of aromatic nitrogens is 2. The number of hydrogen-bond donors (Lipinski definition) is 1. The van der Waals surface area contributed by atoms with Crippen molar-refractivity contribution in [1.82, 2.24) is 19.4 Å². The topological polar surface area (TPSA) is 93.4 Å². The van der Waals surface area contributed by atoms with Crippen LogP contribution in [0.15, 0.2) is 21.9 Å². The minimum atomic E-state index is -0.474. The molecule has 1 fully saturated rings. The molecule has 21 heavy (non-hydrogen) atoms. The van der Waals surface area contributed by atoms with Gasteiger partial charge in [-0.2, -0.15) is 0 Å². The van der Waals surface area contributed by atoms with Gasteiger partial charge in [0.05, 0.1) is 12.1 Å². The van der Waals surface area contributed by atoms with Crippen LogP contribution in [-0.4, -0.2) is 45.5 Å². The number of aryl methyl sites for hydroxylation is 1. The summed E-state index contributed by atoms with van der Waals surface area (Å²) < 4.78 is 2.23. The third-order valence-corrected chi connectivity index (χ3v) is 3.23. The van der Waals surface area contributed by atoms with Crippen molar-refractivity contribution in [3.05, 3.63) is 38.7 Å². The fourth-order valence-corrected chi connectivity index (χ4v) is 2.04. The highest BCUT2D eigenvalue weighted by atomic mass is 16.2. The zero-order valence-electron chi connectivity index (χ0n) is 11.8. The molecule has 2 heterocycles. The molecule has 2 amide bonds. The molecule has 8 nitrogen and oxygen atoms in total. The summed E-state index contributed by atoms with van der Waals surface area (Å²) in [6, 6.07) is 0. The van der Waals surface area contributed by atoms with Crippen molar-refractivity contribution in [3.8, 4) is 0 Å². The Morgan fingerprint density at radius 3 is 2.67 bits per heavy atom. The van der Waals surface area contributed by atoms with E-state index in [9.17, 15) is 19.2 Å². The minimum absolute atomic E-state index is 0.00839. The van der Waals surface area contributed by atoms with E-state index in [-0.39, 0.29) is 23.9 Å². The van der Waals surface area contributed by atoms with Crippen LogP contribution in [-0.2, 0) is 23.7 Å². The van der Waals surface area contributed by atoms with Crippen LogP contribution in [0.25, 0.3) is 6.08 Å². The van der Waals surface area contributed by atoms with Gasteiger partial charge in [-0.3, -0.25) is 19.0 Å². The van der Waals surface area contributed by atoms with Gasteiger partial charge in [-0.25, -0.2) is 4.79 Å². The van der Waals surface area contributed by atoms with Crippen LogP contribution >= 0.6 is 0 Å². The van der Waals surface area contributed by atoms with Gasteiger partial charge in [0.15, 0.2) is 0 Å². The van der Waals surface area contributed by atoms with Gasteiger partial charge in [0, 0.05) is 39.5 Å². The standard InChI is InChI=1S/C13H16N4O4/c1-15-7-9(12(20)16(2)13(15)21)3-4-11(19)17-6-5-14-10(18)8-17/h3-4,7H,5-6,8H2,1-2H3,(H,14,18)/b4-3+. The number of amides is 2. The Morgan fingerprint density at radius 1 is 1.29 bits per heavy atom. The van der Waals surface area contributed by atoms with Gasteiger partial charge in [-0.1, -0.05) is 0 Å². The lowest BCUT2D eigenvalue weighted by atomic mass is 10.2. The predicted molar refractivity (Wildman–Crippen MR) is 75.5 cm³/mol. The van der Waals surface area contributed by atoms with E-state index in [2.05, 4.69) is 5.32 Å². The molecule has 0 unspecified atom stereocenters. The van der Waals surface area contributed by atoms with Crippen molar-refractivity contribution in [2.45, 2.75) is 0 Å². The van der Waals surface area contributed by atoms with E-state index in [0.29, 0.717) is 13.1 Å². The molecule has 1 aliphatic heterocycles. The Hall–Kier alpha value is -2.64. The molecule has 0 bridgehead atoms. The number of nitrogens with one attached hydrogen (secondary N) is 1. The first kappa shape index (κ1) is 14.8. The van der Waals surface area contributed by atoms with Crippen molar-refractivity contribution in [2.24, 2.45) is 14.1 Å². The van der Waals surface area contributed by atoms with Crippen molar-refractivity contribution in [3.63, 3.8) is 0 Å². The Balaban J connectivity index is 2.22. The molecule has 1 aliphatic rings. The summed E-state index contributed by atoms with van der Waals surface area (Å²) in [6.07, 6.45) is 3.97. The monoisotopic (exact) mass is 292 g/mol.